The number of fused-ring (bicyclic) bond motifs is 1. The first-order valence-corrected chi connectivity index (χ1v) is 11.6. The van der Waals surface area contributed by atoms with Crippen LogP contribution in [0.5, 0.6) is 0 Å². The van der Waals surface area contributed by atoms with Crippen molar-refractivity contribution in [2.24, 2.45) is 0 Å². The average molecular weight is 484 g/mol. The Morgan fingerprint density at radius 3 is 2.58 bits per heavy atom. The number of ketones is 2. The molecule has 3 aromatic heterocycles. The van der Waals surface area contributed by atoms with Gasteiger partial charge in [-0.3, -0.25) is 19.4 Å². The van der Waals surface area contributed by atoms with Crippen LogP contribution in [-0.2, 0) is 4.79 Å². The van der Waals surface area contributed by atoms with Gasteiger partial charge in [-0.25, -0.2) is 0 Å². The zero-order chi connectivity index (χ0) is 25.4. The van der Waals surface area contributed by atoms with Gasteiger partial charge in [-0.15, -0.1) is 0 Å². The number of H-pyrrole nitrogens is 1. The molecule has 0 spiro atoms. The quantitative estimate of drug-likeness (QED) is 0.330. The lowest BCUT2D eigenvalue weighted by Crippen LogP contribution is -2.48. The molecule has 36 heavy (non-hydrogen) atoms. The van der Waals surface area contributed by atoms with Crippen LogP contribution in [0.15, 0.2) is 65.6 Å². The summed E-state index contributed by atoms with van der Waals surface area (Å²) >= 11 is 0. The molecule has 0 unspecified atom stereocenters. The molecule has 1 aliphatic rings. The van der Waals surface area contributed by atoms with Crippen LogP contribution in [0, 0.1) is 13.8 Å². The molecule has 1 amide bonds. The summed E-state index contributed by atoms with van der Waals surface area (Å²) in [6.45, 7) is 8.74. The van der Waals surface area contributed by atoms with Crippen LogP contribution in [0.1, 0.15) is 32.2 Å². The normalized spacial score (nSPS) is 13.9. The Bertz CT molecular complexity index is 1480. The Balaban J connectivity index is 1.30. The fourth-order valence-corrected chi connectivity index (χ4v) is 4.60. The van der Waals surface area contributed by atoms with E-state index in [1.54, 1.807) is 28.1 Å². The number of aromatic nitrogens is 3. The van der Waals surface area contributed by atoms with Crippen molar-refractivity contribution in [1.82, 2.24) is 24.9 Å². The van der Waals surface area contributed by atoms with Crippen LogP contribution < -0.4 is 0 Å². The van der Waals surface area contributed by atoms with Gasteiger partial charge in [0.25, 0.3) is 5.91 Å². The minimum absolute atomic E-state index is 0.0854. The van der Waals surface area contributed by atoms with Crippen molar-refractivity contribution in [2.45, 2.75) is 13.8 Å². The van der Waals surface area contributed by atoms with Crippen LogP contribution in [-0.4, -0.2) is 68.6 Å². The number of pyridine rings is 1. The van der Waals surface area contributed by atoms with Gasteiger partial charge in [0.2, 0.25) is 11.6 Å². The maximum atomic E-state index is 13.1. The van der Waals surface area contributed by atoms with E-state index >= 15 is 0 Å². The van der Waals surface area contributed by atoms with Crippen molar-refractivity contribution in [1.29, 1.82) is 0 Å². The summed E-state index contributed by atoms with van der Waals surface area (Å²) in [5.41, 5.74) is 4.85. The van der Waals surface area contributed by atoms with E-state index in [1.807, 2.05) is 38.1 Å². The van der Waals surface area contributed by atoms with E-state index < -0.39 is 11.6 Å². The monoisotopic (exact) mass is 483 g/mol. The van der Waals surface area contributed by atoms with E-state index in [0.717, 1.165) is 16.8 Å². The molecule has 1 aromatic carbocycles. The van der Waals surface area contributed by atoms with Gasteiger partial charge < -0.3 is 19.3 Å². The molecule has 1 aliphatic heterocycles. The summed E-state index contributed by atoms with van der Waals surface area (Å²) < 4.78 is 5.29. The molecule has 1 fully saturated rings. The molecule has 9 nitrogen and oxygen atoms in total. The number of aromatic amines is 1. The SMILES string of the molecule is C=C1CN(C(=O)c2ccccc2)CCN1CC(=O)C(=O)c1c[nH]c2c(-c3c(C)noc3C)ccnc12. The molecule has 0 saturated carbocycles. The average Bonchev–Trinajstić information content (AvgIpc) is 3.47. The van der Waals surface area contributed by atoms with Crippen molar-refractivity contribution in [3.8, 4) is 11.1 Å². The number of carbonyl (C=O) groups excluding carboxylic acids is 3. The Kier molecular flexibility index (Phi) is 5.97. The second kappa shape index (κ2) is 9.26. The zero-order valence-electron chi connectivity index (χ0n) is 20.1. The number of Topliss-reactive ketones (excluding diaryl/α,β-unsaturated/α-hetero) is 2. The van der Waals surface area contributed by atoms with Gasteiger partial charge in [-0.2, -0.15) is 0 Å². The largest absolute Gasteiger partial charge is 0.364 e. The smallest absolute Gasteiger partial charge is 0.254 e. The fourth-order valence-electron chi connectivity index (χ4n) is 4.60. The first-order chi connectivity index (χ1) is 17.3. The summed E-state index contributed by atoms with van der Waals surface area (Å²) in [4.78, 5) is 49.8. The van der Waals surface area contributed by atoms with Crippen LogP contribution >= 0.6 is 0 Å². The second-order valence-electron chi connectivity index (χ2n) is 8.82. The highest BCUT2D eigenvalue weighted by atomic mass is 16.5. The number of hydrogen-bond donors (Lipinski definition) is 1. The predicted molar refractivity (Wildman–Crippen MR) is 133 cm³/mol. The number of hydrogen-bond acceptors (Lipinski definition) is 7. The Morgan fingerprint density at radius 2 is 1.89 bits per heavy atom. The number of carbonyl (C=O) groups is 3. The van der Waals surface area contributed by atoms with E-state index in [4.69, 9.17) is 4.52 Å². The number of amides is 1. The topological polar surface area (TPSA) is 112 Å². The lowest BCUT2D eigenvalue weighted by molar-refractivity contribution is -0.116. The molecular weight excluding hydrogens is 458 g/mol. The van der Waals surface area contributed by atoms with E-state index in [-0.39, 0.29) is 18.0 Å². The fraction of sp³-hybridized carbons (Fsp3) is 0.222. The third-order valence-electron chi connectivity index (χ3n) is 6.47. The standard InChI is InChI=1S/C27H25N5O4/c1-16-14-32(27(35)19-7-5-4-6-8-19)12-11-31(16)15-22(33)26(34)21-13-29-24-20(9-10-28-25(21)24)23-17(2)30-36-18(23)3/h4-10,13,29H,1,11-12,14-15H2,2-3H3. The lowest BCUT2D eigenvalue weighted by atomic mass is 10.0. The lowest BCUT2D eigenvalue weighted by Gasteiger charge is -2.37. The molecule has 5 rings (SSSR count). The Hall–Kier alpha value is -4.53. The third-order valence-corrected chi connectivity index (χ3v) is 6.47. The first-order valence-electron chi connectivity index (χ1n) is 11.6. The summed E-state index contributed by atoms with van der Waals surface area (Å²) in [6.07, 6.45) is 3.12. The second-order valence-corrected chi connectivity index (χ2v) is 8.82. The number of nitrogens with one attached hydrogen (secondary N) is 1. The number of benzene rings is 1. The molecule has 182 valence electrons. The number of aryl methyl sites for hydroxylation is 2. The van der Waals surface area contributed by atoms with Gasteiger partial charge in [-0.1, -0.05) is 29.9 Å². The van der Waals surface area contributed by atoms with Gasteiger partial charge in [0, 0.05) is 47.9 Å². The predicted octanol–water partition coefficient (Wildman–Crippen LogP) is 3.56. The highest BCUT2D eigenvalue weighted by molar-refractivity contribution is 6.46. The van der Waals surface area contributed by atoms with Crippen molar-refractivity contribution >= 4 is 28.5 Å². The van der Waals surface area contributed by atoms with Crippen molar-refractivity contribution in [3.05, 3.63) is 83.6 Å². The van der Waals surface area contributed by atoms with Crippen LogP contribution in [0.25, 0.3) is 22.2 Å². The number of rotatable bonds is 6. The minimum atomic E-state index is -0.625. The van der Waals surface area contributed by atoms with Crippen molar-refractivity contribution in [3.63, 3.8) is 0 Å². The summed E-state index contributed by atoms with van der Waals surface area (Å²) in [5, 5.41) is 4.01. The zero-order valence-corrected chi connectivity index (χ0v) is 20.1. The molecule has 0 radical (unpaired) electrons. The van der Waals surface area contributed by atoms with E-state index in [9.17, 15) is 14.4 Å². The minimum Gasteiger partial charge on any atom is -0.364 e. The molecule has 0 atom stereocenters. The summed E-state index contributed by atoms with van der Waals surface area (Å²) in [7, 11) is 0. The summed E-state index contributed by atoms with van der Waals surface area (Å²) in [6, 6.07) is 10.9. The number of piperazine rings is 1. The maximum absolute atomic E-state index is 13.1. The molecular formula is C27H25N5O4. The highest BCUT2D eigenvalue weighted by Gasteiger charge is 2.29. The van der Waals surface area contributed by atoms with Crippen molar-refractivity contribution < 1.29 is 18.9 Å². The highest BCUT2D eigenvalue weighted by Crippen LogP contribution is 2.33. The molecule has 1 saturated heterocycles. The van der Waals surface area contributed by atoms with Crippen molar-refractivity contribution in [2.75, 3.05) is 26.2 Å². The van der Waals surface area contributed by atoms with Gasteiger partial charge in [0.15, 0.2) is 0 Å². The molecule has 9 heteroatoms. The third kappa shape index (κ3) is 4.08. The molecule has 0 aliphatic carbocycles. The first kappa shape index (κ1) is 23.2. The molecule has 4 aromatic rings. The number of nitrogens with zero attached hydrogens (tertiary/aromatic N) is 4. The Labute approximate surface area is 207 Å². The Morgan fingerprint density at radius 1 is 1.11 bits per heavy atom. The summed E-state index contributed by atoms with van der Waals surface area (Å²) in [5.74, 6) is -0.621. The van der Waals surface area contributed by atoms with E-state index in [2.05, 4.69) is 21.7 Å². The molecule has 4 heterocycles. The van der Waals surface area contributed by atoms with Crippen LogP contribution in [0.2, 0.25) is 0 Å². The maximum Gasteiger partial charge on any atom is 0.254 e. The van der Waals surface area contributed by atoms with Gasteiger partial charge in [-0.05, 0) is 32.0 Å². The van der Waals surface area contributed by atoms with Gasteiger partial charge >= 0.3 is 0 Å². The van der Waals surface area contributed by atoms with Crippen LogP contribution in [0.3, 0.4) is 0 Å². The van der Waals surface area contributed by atoms with Crippen LogP contribution in [0.4, 0.5) is 0 Å². The van der Waals surface area contributed by atoms with E-state index in [0.29, 0.717) is 47.7 Å². The van der Waals surface area contributed by atoms with Gasteiger partial charge in [0.1, 0.15) is 5.76 Å². The van der Waals surface area contributed by atoms with Gasteiger partial charge in [0.05, 0.1) is 35.4 Å². The molecule has 0 bridgehead atoms. The van der Waals surface area contributed by atoms with E-state index in [1.165, 1.54) is 6.20 Å². The molecule has 1 N–H and O–H groups in total.